The molecule has 9 nitrogen and oxygen atoms in total. The summed E-state index contributed by atoms with van der Waals surface area (Å²) in [5.41, 5.74) is 0.506. The van der Waals surface area contributed by atoms with Gasteiger partial charge in [-0.3, -0.25) is 13.8 Å². The number of nitrogens with one attached hydrogen (secondary N) is 3. The van der Waals surface area contributed by atoms with E-state index >= 15 is 0 Å². The predicted molar refractivity (Wildman–Crippen MR) is 139 cm³/mol. The number of ether oxygens (including phenoxy) is 1. The van der Waals surface area contributed by atoms with Crippen LogP contribution in [-0.4, -0.2) is 51.9 Å². The minimum atomic E-state index is -1.24. The van der Waals surface area contributed by atoms with Gasteiger partial charge in [0.25, 0.3) is 11.8 Å². The highest BCUT2D eigenvalue weighted by Crippen LogP contribution is 2.26. The third-order valence-electron chi connectivity index (χ3n) is 5.64. The fourth-order valence-corrected chi connectivity index (χ4v) is 4.41. The van der Waals surface area contributed by atoms with Crippen LogP contribution in [0.3, 0.4) is 0 Å². The highest BCUT2D eigenvalue weighted by Gasteiger charge is 2.21. The molecule has 2 unspecified atom stereocenters. The lowest BCUT2D eigenvalue weighted by atomic mass is 10.0. The van der Waals surface area contributed by atoms with Crippen LogP contribution in [0.25, 0.3) is 0 Å². The van der Waals surface area contributed by atoms with Crippen molar-refractivity contribution < 1.29 is 18.5 Å². The summed E-state index contributed by atoms with van der Waals surface area (Å²) in [4.78, 5) is 34.9. The molecule has 11 heteroatoms. The SMILES string of the molecule is CS(=O)c1ccc(C(=O)Nc2cccnc2C(=O)Nc2ccc(Cl)cn2)c(OCC2CCCNC2)c1. The van der Waals surface area contributed by atoms with Crippen LogP contribution < -0.4 is 20.7 Å². The van der Waals surface area contributed by atoms with Gasteiger partial charge in [0, 0.05) is 46.8 Å². The second-order valence-corrected chi connectivity index (χ2v) is 10.1. The molecule has 0 spiro atoms. The number of carbonyl (C=O) groups excluding carboxylic acids is 2. The number of nitrogens with zero attached hydrogens (tertiary/aromatic N) is 2. The van der Waals surface area contributed by atoms with Gasteiger partial charge in [0.15, 0.2) is 5.69 Å². The molecule has 1 aliphatic rings. The number of carbonyl (C=O) groups is 2. The molecular weight excluding hydrogens is 502 g/mol. The lowest BCUT2D eigenvalue weighted by Crippen LogP contribution is -2.33. The molecule has 3 heterocycles. The molecule has 1 aromatic carbocycles. The van der Waals surface area contributed by atoms with Crippen molar-refractivity contribution in [3.05, 3.63) is 71.1 Å². The largest absolute Gasteiger partial charge is 0.492 e. The van der Waals surface area contributed by atoms with Crippen LogP contribution in [0, 0.1) is 5.92 Å². The van der Waals surface area contributed by atoms with Crippen molar-refractivity contribution in [2.45, 2.75) is 17.7 Å². The maximum Gasteiger partial charge on any atom is 0.277 e. The first-order valence-electron chi connectivity index (χ1n) is 11.4. The van der Waals surface area contributed by atoms with Crippen molar-refractivity contribution in [2.24, 2.45) is 5.92 Å². The molecule has 0 saturated carbocycles. The van der Waals surface area contributed by atoms with Gasteiger partial charge in [0.1, 0.15) is 11.6 Å². The number of pyridine rings is 2. The Kier molecular flexibility index (Phi) is 8.63. The molecule has 2 amide bonds. The summed E-state index contributed by atoms with van der Waals surface area (Å²) >= 11 is 5.85. The third kappa shape index (κ3) is 6.66. The average Bonchev–Trinajstić information content (AvgIpc) is 2.89. The molecule has 1 fully saturated rings. The summed E-state index contributed by atoms with van der Waals surface area (Å²) in [6, 6.07) is 11.2. The summed E-state index contributed by atoms with van der Waals surface area (Å²) in [5, 5.41) is 9.18. The highest BCUT2D eigenvalue weighted by atomic mass is 35.5. The minimum absolute atomic E-state index is 0.0182. The van der Waals surface area contributed by atoms with Gasteiger partial charge in [-0.2, -0.15) is 0 Å². The fourth-order valence-electron chi connectivity index (χ4n) is 3.76. The van der Waals surface area contributed by atoms with Gasteiger partial charge in [-0.1, -0.05) is 11.6 Å². The van der Waals surface area contributed by atoms with Crippen molar-refractivity contribution in [1.29, 1.82) is 0 Å². The Balaban J connectivity index is 1.53. The second kappa shape index (κ2) is 12.1. The van der Waals surface area contributed by atoms with E-state index in [2.05, 4.69) is 25.9 Å². The van der Waals surface area contributed by atoms with Gasteiger partial charge >= 0.3 is 0 Å². The second-order valence-electron chi connectivity index (χ2n) is 8.30. The predicted octanol–water partition coefficient (Wildman–Crippen LogP) is 3.75. The van der Waals surface area contributed by atoms with E-state index in [1.807, 2.05) is 0 Å². The first-order valence-corrected chi connectivity index (χ1v) is 13.3. The Bertz CT molecular complexity index is 1270. The summed E-state index contributed by atoms with van der Waals surface area (Å²) in [7, 11) is -1.24. The van der Waals surface area contributed by atoms with Crippen molar-refractivity contribution >= 4 is 45.7 Å². The van der Waals surface area contributed by atoms with Crippen molar-refractivity contribution in [3.8, 4) is 5.75 Å². The summed E-state index contributed by atoms with van der Waals surface area (Å²) in [6.07, 6.45) is 6.54. The summed E-state index contributed by atoms with van der Waals surface area (Å²) in [5.74, 6) is -0.0689. The molecule has 1 saturated heterocycles. The van der Waals surface area contributed by atoms with Gasteiger partial charge in [0.05, 0.1) is 22.9 Å². The molecule has 4 rings (SSSR count). The Morgan fingerprint density at radius 3 is 2.75 bits per heavy atom. The molecule has 3 N–H and O–H groups in total. The van der Waals surface area contributed by atoms with Gasteiger partial charge in [-0.25, -0.2) is 9.97 Å². The summed E-state index contributed by atoms with van der Waals surface area (Å²) in [6.45, 7) is 2.27. The lowest BCUT2D eigenvalue weighted by Gasteiger charge is -2.23. The van der Waals surface area contributed by atoms with Gasteiger partial charge in [0.2, 0.25) is 0 Å². The number of benzene rings is 1. The molecule has 2 atom stereocenters. The monoisotopic (exact) mass is 527 g/mol. The number of piperidine rings is 1. The van der Waals surface area contributed by atoms with E-state index in [0.29, 0.717) is 34.0 Å². The van der Waals surface area contributed by atoms with Crippen LogP contribution in [0.15, 0.2) is 59.8 Å². The number of anilines is 2. The van der Waals surface area contributed by atoms with Crippen LogP contribution >= 0.6 is 11.6 Å². The highest BCUT2D eigenvalue weighted by molar-refractivity contribution is 7.84. The van der Waals surface area contributed by atoms with Gasteiger partial charge in [-0.15, -0.1) is 0 Å². The number of hydrogen-bond acceptors (Lipinski definition) is 7. The van der Waals surface area contributed by atoms with Crippen molar-refractivity contribution in [3.63, 3.8) is 0 Å². The van der Waals surface area contributed by atoms with E-state index in [0.717, 1.165) is 25.9 Å². The molecule has 0 aliphatic carbocycles. The number of halogens is 1. The van der Waals surface area contributed by atoms with E-state index in [-0.39, 0.29) is 16.9 Å². The number of hydrogen-bond donors (Lipinski definition) is 3. The zero-order valence-corrected chi connectivity index (χ0v) is 21.2. The van der Waals surface area contributed by atoms with Crippen LogP contribution in [0.1, 0.15) is 33.7 Å². The lowest BCUT2D eigenvalue weighted by molar-refractivity contribution is 0.102. The molecular formula is C25H26ClN5O4S. The zero-order valence-electron chi connectivity index (χ0n) is 19.6. The topological polar surface area (TPSA) is 122 Å². The van der Waals surface area contributed by atoms with E-state index in [1.54, 1.807) is 48.7 Å². The van der Waals surface area contributed by atoms with E-state index in [4.69, 9.17) is 16.3 Å². The fraction of sp³-hybridized carbons (Fsp3) is 0.280. The number of rotatable bonds is 8. The number of amides is 2. The number of aromatic nitrogens is 2. The van der Waals surface area contributed by atoms with Crippen molar-refractivity contribution in [2.75, 3.05) is 36.6 Å². The molecule has 0 bridgehead atoms. The first kappa shape index (κ1) is 25.7. The van der Waals surface area contributed by atoms with Crippen LogP contribution in [-0.2, 0) is 10.8 Å². The average molecular weight is 528 g/mol. The van der Waals surface area contributed by atoms with E-state index in [9.17, 15) is 13.8 Å². The van der Waals surface area contributed by atoms with E-state index in [1.165, 1.54) is 12.4 Å². The molecule has 188 valence electrons. The molecule has 0 radical (unpaired) electrons. The Morgan fingerprint density at radius 1 is 1.17 bits per heavy atom. The van der Waals surface area contributed by atoms with E-state index < -0.39 is 22.6 Å². The quantitative estimate of drug-likeness (QED) is 0.407. The van der Waals surface area contributed by atoms with Crippen molar-refractivity contribution in [1.82, 2.24) is 15.3 Å². The van der Waals surface area contributed by atoms with Crippen LogP contribution in [0.4, 0.5) is 11.5 Å². The van der Waals surface area contributed by atoms with Crippen LogP contribution in [0.5, 0.6) is 5.75 Å². The van der Waals surface area contributed by atoms with Crippen LogP contribution in [0.2, 0.25) is 5.02 Å². The molecule has 36 heavy (non-hydrogen) atoms. The normalized spacial score (nSPS) is 16.1. The maximum absolute atomic E-state index is 13.3. The molecule has 1 aliphatic heterocycles. The maximum atomic E-state index is 13.3. The smallest absolute Gasteiger partial charge is 0.277 e. The standard InChI is InChI=1S/C25H26ClN5O4S/c1-36(34)18-7-8-19(21(12-18)35-15-16-4-2-10-27-13-16)24(32)30-20-5-3-11-28-23(20)25(33)31-22-9-6-17(26)14-29-22/h3,5-9,11-12,14,16,27H,2,4,10,13,15H2,1H3,(H,30,32)(H,29,31,33). The third-order valence-corrected chi connectivity index (χ3v) is 6.78. The van der Waals surface area contributed by atoms with Gasteiger partial charge < -0.3 is 20.7 Å². The first-order chi connectivity index (χ1) is 17.4. The zero-order chi connectivity index (χ0) is 25.5. The Morgan fingerprint density at radius 2 is 2.03 bits per heavy atom. The Hall–Kier alpha value is -3.34. The minimum Gasteiger partial charge on any atom is -0.492 e. The molecule has 2 aromatic heterocycles. The summed E-state index contributed by atoms with van der Waals surface area (Å²) < 4.78 is 18.1. The molecule has 3 aromatic rings. The van der Waals surface area contributed by atoms with Gasteiger partial charge in [-0.05, 0) is 61.9 Å². The Labute approximate surface area is 216 Å².